The lowest BCUT2D eigenvalue weighted by molar-refractivity contribution is 0.194. The molecule has 0 radical (unpaired) electrons. The molecule has 0 saturated heterocycles. The zero-order valence-electron chi connectivity index (χ0n) is 9.13. The van der Waals surface area contributed by atoms with Crippen LogP contribution in [0.1, 0.15) is 5.69 Å². The van der Waals surface area contributed by atoms with E-state index in [9.17, 15) is 4.79 Å². The van der Waals surface area contributed by atoms with Crippen LogP contribution in [-0.2, 0) is 6.54 Å². The smallest absolute Gasteiger partial charge is 0.404 e. The van der Waals surface area contributed by atoms with E-state index in [-0.39, 0.29) is 6.54 Å². The van der Waals surface area contributed by atoms with Gasteiger partial charge in [0.15, 0.2) is 0 Å². The van der Waals surface area contributed by atoms with Crippen molar-refractivity contribution in [2.75, 3.05) is 0 Å². The third kappa shape index (κ3) is 3.04. The molecule has 1 aromatic heterocycles. The van der Waals surface area contributed by atoms with Crippen LogP contribution in [0, 0.1) is 0 Å². The number of benzene rings is 1. The van der Waals surface area contributed by atoms with Gasteiger partial charge < -0.3 is 10.4 Å². The van der Waals surface area contributed by atoms with E-state index >= 15 is 0 Å². The average molecular weight is 228 g/mol. The Morgan fingerprint density at radius 1 is 1.12 bits per heavy atom. The van der Waals surface area contributed by atoms with E-state index in [4.69, 9.17) is 5.11 Å². The van der Waals surface area contributed by atoms with Gasteiger partial charge in [-0.3, -0.25) is 4.98 Å². The Kier molecular flexibility index (Phi) is 3.35. The molecule has 86 valence electrons. The number of hydrogen-bond donors (Lipinski definition) is 2. The van der Waals surface area contributed by atoms with Crippen molar-refractivity contribution >= 4 is 6.09 Å². The molecule has 2 rings (SSSR count). The lowest BCUT2D eigenvalue weighted by Crippen LogP contribution is -2.20. The van der Waals surface area contributed by atoms with Crippen molar-refractivity contribution in [2.45, 2.75) is 6.54 Å². The topological polar surface area (TPSA) is 62.2 Å². The van der Waals surface area contributed by atoms with Crippen molar-refractivity contribution in [3.63, 3.8) is 0 Å². The normalized spacial score (nSPS) is 9.88. The first-order chi connectivity index (χ1) is 8.25. The number of carbonyl (C=O) groups is 1. The number of nitrogens with zero attached hydrogens (tertiary/aromatic N) is 1. The van der Waals surface area contributed by atoms with Crippen molar-refractivity contribution in [3.8, 4) is 11.1 Å². The Balaban J connectivity index is 2.11. The zero-order chi connectivity index (χ0) is 12.1. The molecule has 17 heavy (non-hydrogen) atoms. The summed E-state index contributed by atoms with van der Waals surface area (Å²) < 4.78 is 0. The molecule has 0 aliphatic rings. The average Bonchev–Trinajstić information content (AvgIpc) is 2.38. The van der Waals surface area contributed by atoms with Crippen LogP contribution in [0.15, 0.2) is 48.7 Å². The van der Waals surface area contributed by atoms with E-state index in [1.54, 1.807) is 6.20 Å². The lowest BCUT2D eigenvalue weighted by atomic mass is 10.1. The van der Waals surface area contributed by atoms with E-state index in [1.807, 2.05) is 42.5 Å². The maximum absolute atomic E-state index is 10.3. The summed E-state index contributed by atoms with van der Waals surface area (Å²) in [5, 5.41) is 10.7. The molecule has 1 aromatic carbocycles. The fraction of sp³-hybridized carbons (Fsp3) is 0.0769. The van der Waals surface area contributed by atoms with Gasteiger partial charge in [0.1, 0.15) is 0 Å². The van der Waals surface area contributed by atoms with Gasteiger partial charge in [0.25, 0.3) is 0 Å². The molecular formula is C13H12N2O2. The molecule has 2 N–H and O–H groups in total. The summed E-state index contributed by atoms with van der Waals surface area (Å²) in [5.74, 6) is 0. The highest BCUT2D eigenvalue weighted by molar-refractivity contribution is 5.64. The predicted molar refractivity (Wildman–Crippen MR) is 64.5 cm³/mol. The second-order valence-electron chi connectivity index (χ2n) is 3.56. The number of rotatable bonds is 3. The Hall–Kier alpha value is -2.36. The number of aromatic nitrogens is 1. The summed E-state index contributed by atoms with van der Waals surface area (Å²) in [7, 11) is 0. The highest BCUT2D eigenvalue weighted by atomic mass is 16.4. The zero-order valence-corrected chi connectivity index (χ0v) is 9.13. The van der Waals surface area contributed by atoms with Crippen LogP contribution in [0.4, 0.5) is 4.79 Å². The maximum atomic E-state index is 10.3. The molecule has 0 aliphatic carbocycles. The molecule has 0 bridgehead atoms. The first-order valence-electron chi connectivity index (χ1n) is 5.23. The minimum Gasteiger partial charge on any atom is -0.465 e. The predicted octanol–water partition coefficient (Wildman–Crippen LogP) is 2.52. The summed E-state index contributed by atoms with van der Waals surface area (Å²) >= 11 is 0. The maximum Gasteiger partial charge on any atom is 0.404 e. The van der Waals surface area contributed by atoms with Gasteiger partial charge >= 0.3 is 6.09 Å². The standard InChI is InChI=1S/C13H12N2O2/c16-13(17)15-9-12-7-6-11(8-14-12)10-4-2-1-3-5-10/h1-8,15H,9H2,(H,16,17). The fourth-order valence-electron chi connectivity index (χ4n) is 1.50. The largest absolute Gasteiger partial charge is 0.465 e. The second kappa shape index (κ2) is 5.12. The molecule has 0 atom stereocenters. The van der Waals surface area contributed by atoms with E-state index < -0.39 is 6.09 Å². The minimum atomic E-state index is -1.04. The van der Waals surface area contributed by atoms with Gasteiger partial charge in [-0.25, -0.2) is 4.79 Å². The van der Waals surface area contributed by atoms with Gasteiger partial charge in [-0.05, 0) is 11.6 Å². The summed E-state index contributed by atoms with van der Waals surface area (Å²) in [5.41, 5.74) is 2.81. The van der Waals surface area contributed by atoms with Gasteiger partial charge in [-0.2, -0.15) is 0 Å². The van der Waals surface area contributed by atoms with Crippen LogP contribution in [0.25, 0.3) is 11.1 Å². The van der Waals surface area contributed by atoms with Crippen molar-refractivity contribution in [3.05, 3.63) is 54.4 Å². The van der Waals surface area contributed by atoms with E-state index in [2.05, 4.69) is 10.3 Å². The van der Waals surface area contributed by atoms with Crippen molar-refractivity contribution in [1.82, 2.24) is 10.3 Å². The van der Waals surface area contributed by atoms with E-state index in [0.29, 0.717) is 5.69 Å². The molecule has 0 fully saturated rings. The van der Waals surface area contributed by atoms with Gasteiger partial charge in [0.2, 0.25) is 0 Å². The summed E-state index contributed by atoms with van der Waals surface area (Å²) in [6.07, 6.45) is 0.702. The van der Waals surface area contributed by atoms with Gasteiger partial charge in [0, 0.05) is 11.8 Å². The highest BCUT2D eigenvalue weighted by Crippen LogP contribution is 2.17. The monoisotopic (exact) mass is 228 g/mol. The van der Waals surface area contributed by atoms with Gasteiger partial charge in [-0.15, -0.1) is 0 Å². The van der Waals surface area contributed by atoms with Crippen LogP contribution in [0.2, 0.25) is 0 Å². The Labute approximate surface area is 98.9 Å². The summed E-state index contributed by atoms with van der Waals surface area (Å²) in [6, 6.07) is 13.7. The Morgan fingerprint density at radius 2 is 1.88 bits per heavy atom. The fourth-order valence-corrected chi connectivity index (χ4v) is 1.50. The van der Waals surface area contributed by atoms with Gasteiger partial charge in [-0.1, -0.05) is 36.4 Å². The van der Waals surface area contributed by atoms with Crippen LogP contribution in [0.3, 0.4) is 0 Å². The Morgan fingerprint density at radius 3 is 2.47 bits per heavy atom. The third-order valence-electron chi connectivity index (χ3n) is 2.35. The lowest BCUT2D eigenvalue weighted by Gasteiger charge is -2.03. The number of amides is 1. The van der Waals surface area contributed by atoms with Crippen LogP contribution in [0.5, 0.6) is 0 Å². The molecule has 1 heterocycles. The SMILES string of the molecule is O=C(O)NCc1ccc(-c2ccccc2)cn1. The number of hydrogen-bond acceptors (Lipinski definition) is 2. The molecule has 0 unspecified atom stereocenters. The number of nitrogens with one attached hydrogen (secondary N) is 1. The van der Waals surface area contributed by atoms with Crippen molar-refractivity contribution in [1.29, 1.82) is 0 Å². The van der Waals surface area contributed by atoms with E-state index in [1.165, 1.54) is 0 Å². The molecule has 0 saturated carbocycles. The molecule has 2 aromatic rings. The van der Waals surface area contributed by atoms with Crippen LogP contribution >= 0.6 is 0 Å². The molecule has 4 nitrogen and oxygen atoms in total. The number of carboxylic acid groups (broad SMARTS) is 1. The minimum absolute atomic E-state index is 0.227. The van der Waals surface area contributed by atoms with Crippen LogP contribution in [-0.4, -0.2) is 16.2 Å². The van der Waals surface area contributed by atoms with Gasteiger partial charge in [0.05, 0.1) is 12.2 Å². The third-order valence-corrected chi connectivity index (χ3v) is 2.35. The quantitative estimate of drug-likeness (QED) is 0.848. The summed E-state index contributed by atoms with van der Waals surface area (Å²) in [6.45, 7) is 0.227. The Bertz CT molecular complexity index is 495. The number of pyridine rings is 1. The second-order valence-corrected chi connectivity index (χ2v) is 3.56. The first kappa shape index (κ1) is 11.1. The molecular weight excluding hydrogens is 216 g/mol. The van der Waals surface area contributed by atoms with Crippen LogP contribution < -0.4 is 5.32 Å². The van der Waals surface area contributed by atoms with Crippen molar-refractivity contribution < 1.29 is 9.90 Å². The highest BCUT2D eigenvalue weighted by Gasteiger charge is 2.00. The van der Waals surface area contributed by atoms with Crippen molar-refractivity contribution in [2.24, 2.45) is 0 Å². The molecule has 0 aliphatic heterocycles. The molecule has 4 heteroatoms. The summed E-state index contributed by atoms with van der Waals surface area (Å²) in [4.78, 5) is 14.5. The van der Waals surface area contributed by atoms with E-state index in [0.717, 1.165) is 11.1 Å². The molecule has 0 spiro atoms. The first-order valence-corrected chi connectivity index (χ1v) is 5.23. The molecule has 1 amide bonds.